The van der Waals surface area contributed by atoms with Gasteiger partial charge in [0, 0.05) is 6.04 Å². The van der Waals surface area contributed by atoms with Crippen molar-refractivity contribution < 1.29 is 8.42 Å². The zero-order valence-corrected chi connectivity index (χ0v) is 14.1. The van der Waals surface area contributed by atoms with Crippen molar-refractivity contribution in [2.45, 2.75) is 56.9 Å². The van der Waals surface area contributed by atoms with Gasteiger partial charge in [-0.05, 0) is 43.4 Å². The lowest BCUT2D eigenvalue weighted by Crippen LogP contribution is -2.42. The van der Waals surface area contributed by atoms with Gasteiger partial charge in [-0.3, -0.25) is 0 Å². The summed E-state index contributed by atoms with van der Waals surface area (Å²) in [4.78, 5) is 0.227. The summed E-state index contributed by atoms with van der Waals surface area (Å²) in [5.41, 5.74) is 6.66. The van der Waals surface area contributed by atoms with Crippen LogP contribution in [-0.2, 0) is 10.0 Å². The van der Waals surface area contributed by atoms with E-state index in [4.69, 9.17) is 17.3 Å². The van der Waals surface area contributed by atoms with Gasteiger partial charge in [0.1, 0.15) is 0 Å². The number of anilines is 1. The fourth-order valence-corrected chi connectivity index (χ4v) is 4.89. The first-order valence-corrected chi connectivity index (χ1v) is 9.29. The Bertz CT molecular complexity index is 616. The molecule has 0 aromatic heterocycles. The van der Waals surface area contributed by atoms with E-state index in [-0.39, 0.29) is 10.9 Å². The summed E-state index contributed by atoms with van der Waals surface area (Å²) in [5.74, 6) is 0.415. The second-order valence-corrected chi connectivity index (χ2v) is 7.91. The molecule has 3 N–H and O–H groups in total. The van der Waals surface area contributed by atoms with Gasteiger partial charge in [-0.25, -0.2) is 13.1 Å². The number of sulfonamides is 1. The number of nitrogens with one attached hydrogen (secondary N) is 1. The predicted octanol–water partition coefficient (Wildman–Crippen LogP) is 3.48. The Morgan fingerprint density at radius 2 is 2.00 bits per heavy atom. The molecule has 1 aromatic rings. The maximum absolute atomic E-state index is 12.6. The third-order valence-corrected chi connectivity index (χ3v) is 6.28. The Hall–Kier alpha value is -0.780. The Labute approximate surface area is 132 Å². The van der Waals surface area contributed by atoms with Crippen LogP contribution in [0.1, 0.15) is 44.6 Å². The lowest BCUT2D eigenvalue weighted by atomic mass is 9.83. The highest BCUT2D eigenvalue weighted by atomic mass is 35.5. The maximum atomic E-state index is 12.6. The molecule has 1 aliphatic carbocycles. The third-order valence-electron chi connectivity index (χ3n) is 4.32. The standard InChI is InChI=1S/C15H23ClN2O2S/c1-3-11-6-4-5-7-14(11)18-21(19,20)15-9-13(17)12(16)8-10(15)2/h8-9,11,14,18H,3-7,17H2,1-2H3. The molecule has 0 saturated heterocycles. The van der Waals surface area contributed by atoms with E-state index in [1.54, 1.807) is 13.0 Å². The molecule has 0 spiro atoms. The molecule has 6 heteroatoms. The van der Waals surface area contributed by atoms with Crippen molar-refractivity contribution in [1.82, 2.24) is 4.72 Å². The number of nitrogens with two attached hydrogens (primary N) is 1. The molecule has 118 valence electrons. The molecule has 4 nitrogen and oxygen atoms in total. The van der Waals surface area contributed by atoms with Crippen LogP contribution in [-0.4, -0.2) is 14.5 Å². The molecule has 1 saturated carbocycles. The molecular formula is C15H23ClN2O2S. The summed E-state index contributed by atoms with van der Waals surface area (Å²) < 4.78 is 28.1. The summed E-state index contributed by atoms with van der Waals surface area (Å²) in [6.07, 6.45) is 5.25. The Morgan fingerprint density at radius 1 is 1.33 bits per heavy atom. The van der Waals surface area contributed by atoms with E-state index < -0.39 is 10.0 Å². The molecule has 0 amide bonds. The van der Waals surface area contributed by atoms with Gasteiger partial charge >= 0.3 is 0 Å². The first kappa shape index (κ1) is 16.6. The van der Waals surface area contributed by atoms with E-state index in [2.05, 4.69) is 11.6 Å². The van der Waals surface area contributed by atoms with Gasteiger partial charge in [0.15, 0.2) is 0 Å². The first-order valence-electron chi connectivity index (χ1n) is 7.43. The molecule has 1 aliphatic rings. The Kier molecular flexibility index (Phi) is 5.17. The molecule has 0 bridgehead atoms. The average molecular weight is 331 g/mol. The zero-order chi connectivity index (χ0) is 15.6. The number of rotatable bonds is 4. The Morgan fingerprint density at radius 3 is 2.67 bits per heavy atom. The minimum Gasteiger partial charge on any atom is -0.397 e. The molecular weight excluding hydrogens is 308 g/mol. The van der Waals surface area contributed by atoms with Gasteiger partial charge in [-0.15, -0.1) is 0 Å². The third kappa shape index (κ3) is 3.71. The van der Waals surface area contributed by atoms with Crippen molar-refractivity contribution in [3.8, 4) is 0 Å². The van der Waals surface area contributed by atoms with Crippen LogP contribution in [0, 0.1) is 12.8 Å². The van der Waals surface area contributed by atoms with E-state index in [1.807, 2.05) is 0 Å². The molecule has 1 fully saturated rings. The van der Waals surface area contributed by atoms with Crippen LogP contribution in [0.4, 0.5) is 5.69 Å². The molecule has 2 rings (SSSR count). The molecule has 0 aliphatic heterocycles. The fourth-order valence-electron chi connectivity index (χ4n) is 3.07. The van der Waals surface area contributed by atoms with Crippen molar-refractivity contribution in [1.29, 1.82) is 0 Å². The van der Waals surface area contributed by atoms with Gasteiger partial charge in [0.05, 0.1) is 15.6 Å². The summed E-state index contributed by atoms with van der Waals surface area (Å²) in [6, 6.07) is 3.07. The van der Waals surface area contributed by atoms with Crippen LogP contribution >= 0.6 is 11.6 Å². The maximum Gasteiger partial charge on any atom is 0.241 e. The van der Waals surface area contributed by atoms with Crippen molar-refractivity contribution in [2.75, 3.05) is 5.73 Å². The second kappa shape index (κ2) is 6.55. The van der Waals surface area contributed by atoms with Crippen LogP contribution in [0.25, 0.3) is 0 Å². The zero-order valence-electron chi connectivity index (χ0n) is 12.5. The minimum absolute atomic E-state index is 0.0186. The highest BCUT2D eigenvalue weighted by Gasteiger charge is 2.29. The summed E-state index contributed by atoms with van der Waals surface area (Å²) in [7, 11) is -3.56. The quantitative estimate of drug-likeness (QED) is 0.830. The van der Waals surface area contributed by atoms with Crippen LogP contribution < -0.4 is 10.5 Å². The number of halogens is 1. The molecule has 21 heavy (non-hydrogen) atoms. The molecule has 2 unspecified atom stereocenters. The Balaban J connectivity index is 2.28. The van der Waals surface area contributed by atoms with Crippen molar-refractivity contribution in [2.24, 2.45) is 5.92 Å². The normalized spacial score (nSPS) is 23.2. The summed E-state index contributed by atoms with van der Waals surface area (Å²) >= 11 is 5.93. The van der Waals surface area contributed by atoms with Crippen LogP contribution in [0.2, 0.25) is 5.02 Å². The van der Waals surface area contributed by atoms with E-state index in [0.29, 0.717) is 22.2 Å². The van der Waals surface area contributed by atoms with Gasteiger partial charge in [-0.1, -0.05) is 37.8 Å². The smallest absolute Gasteiger partial charge is 0.241 e. The van der Waals surface area contributed by atoms with E-state index in [9.17, 15) is 8.42 Å². The highest BCUT2D eigenvalue weighted by molar-refractivity contribution is 7.89. The molecule has 0 heterocycles. The van der Waals surface area contributed by atoms with Gasteiger partial charge in [0.2, 0.25) is 10.0 Å². The van der Waals surface area contributed by atoms with Crippen LogP contribution in [0.5, 0.6) is 0 Å². The fraction of sp³-hybridized carbons (Fsp3) is 0.600. The van der Waals surface area contributed by atoms with E-state index >= 15 is 0 Å². The lowest BCUT2D eigenvalue weighted by molar-refractivity contribution is 0.282. The molecule has 2 atom stereocenters. The average Bonchev–Trinajstić information content (AvgIpc) is 2.43. The highest BCUT2D eigenvalue weighted by Crippen LogP contribution is 2.30. The monoisotopic (exact) mass is 330 g/mol. The van der Waals surface area contributed by atoms with E-state index in [0.717, 1.165) is 25.7 Å². The number of aryl methyl sites for hydroxylation is 1. The summed E-state index contributed by atoms with van der Waals surface area (Å²) in [6.45, 7) is 3.85. The second-order valence-electron chi connectivity index (χ2n) is 5.82. The van der Waals surface area contributed by atoms with Crippen LogP contribution in [0.15, 0.2) is 17.0 Å². The van der Waals surface area contributed by atoms with Crippen LogP contribution in [0.3, 0.4) is 0 Å². The lowest BCUT2D eigenvalue weighted by Gasteiger charge is -2.31. The van der Waals surface area contributed by atoms with Crippen molar-refractivity contribution in [3.63, 3.8) is 0 Å². The van der Waals surface area contributed by atoms with Gasteiger partial charge in [0.25, 0.3) is 0 Å². The van der Waals surface area contributed by atoms with Crippen molar-refractivity contribution in [3.05, 3.63) is 22.7 Å². The van der Waals surface area contributed by atoms with Gasteiger partial charge < -0.3 is 5.73 Å². The largest absolute Gasteiger partial charge is 0.397 e. The predicted molar refractivity (Wildman–Crippen MR) is 87.0 cm³/mol. The number of hydrogen-bond donors (Lipinski definition) is 2. The first-order chi connectivity index (χ1) is 9.85. The minimum atomic E-state index is -3.56. The SMILES string of the molecule is CCC1CCCCC1NS(=O)(=O)c1cc(N)c(Cl)cc1C. The van der Waals surface area contributed by atoms with E-state index in [1.165, 1.54) is 12.5 Å². The molecule has 1 aromatic carbocycles. The topological polar surface area (TPSA) is 72.2 Å². The summed E-state index contributed by atoms with van der Waals surface area (Å²) in [5, 5.41) is 0.385. The number of nitrogen functional groups attached to an aromatic ring is 1. The van der Waals surface area contributed by atoms with Gasteiger partial charge in [-0.2, -0.15) is 0 Å². The number of hydrogen-bond acceptors (Lipinski definition) is 3. The van der Waals surface area contributed by atoms with Crippen molar-refractivity contribution >= 4 is 27.3 Å². The number of benzene rings is 1. The molecule has 0 radical (unpaired) electrons.